The molecular weight excluding hydrogens is 232 g/mol. The highest BCUT2D eigenvalue weighted by atomic mass is 35.5. The van der Waals surface area contributed by atoms with Gasteiger partial charge in [0.25, 0.3) is 0 Å². The maximum absolute atomic E-state index is 10.6. The second kappa shape index (κ2) is 7.06. The fraction of sp³-hybridized carbons (Fsp3) is 0.455. The number of rotatable bonds is 6. The zero-order valence-electron chi connectivity index (χ0n) is 9.24. The molecule has 0 rings (SSSR count). The van der Waals surface area contributed by atoms with Crippen LogP contribution in [0.4, 0.5) is 0 Å². The van der Waals surface area contributed by atoms with Crippen molar-refractivity contribution in [2.24, 2.45) is 5.92 Å². The summed E-state index contributed by atoms with van der Waals surface area (Å²) in [5.41, 5.74) is 0.448. The molecule has 0 heterocycles. The largest absolute Gasteiger partial charge is 0.478 e. The fourth-order valence-corrected chi connectivity index (χ4v) is 1.23. The third kappa shape index (κ3) is 5.56. The van der Waals surface area contributed by atoms with Gasteiger partial charge in [-0.15, -0.1) is 11.6 Å². The van der Waals surface area contributed by atoms with Gasteiger partial charge < -0.3 is 10.2 Å². The van der Waals surface area contributed by atoms with Crippen LogP contribution in [0.5, 0.6) is 0 Å². The summed E-state index contributed by atoms with van der Waals surface area (Å²) in [6, 6.07) is 0. The van der Waals surface area contributed by atoms with Crippen LogP contribution in [-0.4, -0.2) is 28.0 Å². The Balaban J connectivity index is 4.55. The van der Waals surface area contributed by atoms with Crippen LogP contribution in [-0.2, 0) is 9.59 Å². The minimum atomic E-state index is -0.992. The van der Waals surface area contributed by atoms with Crippen LogP contribution in [0, 0.1) is 5.92 Å². The number of carboxylic acids is 2. The monoisotopic (exact) mass is 246 g/mol. The maximum Gasteiger partial charge on any atom is 0.330 e. The van der Waals surface area contributed by atoms with Crippen LogP contribution in [0.15, 0.2) is 23.3 Å². The molecule has 0 bridgehead atoms. The lowest BCUT2D eigenvalue weighted by Crippen LogP contribution is -2.04. The smallest absolute Gasteiger partial charge is 0.330 e. The van der Waals surface area contributed by atoms with Gasteiger partial charge in [-0.25, -0.2) is 9.59 Å². The van der Waals surface area contributed by atoms with Crippen LogP contribution < -0.4 is 0 Å². The van der Waals surface area contributed by atoms with E-state index in [0.29, 0.717) is 6.42 Å². The number of hydrogen-bond acceptors (Lipinski definition) is 2. The molecule has 1 unspecified atom stereocenters. The highest BCUT2D eigenvalue weighted by Crippen LogP contribution is 2.13. The molecule has 0 fully saturated rings. The summed E-state index contributed by atoms with van der Waals surface area (Å²) in [5, 5.41) is 17.3. The van der Waals surface area contributed by atoms with Gasteiger partial charge in [0.05, 0.1) is 0 Å². The molecule has 0 aliphatic heterocycles. The van der Waals surface area contributed by atoms with Gasteiger partial charge in [0.15, 0.2) is 0 Å². The molecule has 5 heteroatoms. The molecule has 0 aromatic carbocycles. The van der Waals surface area contributed by atoms with Crippen LogP contribution in [0.3, 0.4) is 0 Å². The third-order valence-corrected chi connectivity index (χ3v) is 2.48. The summed E-state index contributed by atoms with van der Waals surface area (Å²) in [5.74, 6) is -1.87. The van der Waals surface area contributed by atoms with Gasteiger partial charge in [0.1, 0.15) is 0 Å². The van der Waals surface area contributed by atoms with Crippen molar-refractivity contribution >= 4 is 23.5 Å². The van der Waals surface area contributed by atoms with Crippen molar-refractivity contribution < 1.29 is 19.8 Å². The predicted octanol–water partition coefficient (Wildman–Crippen LogP) is 2.29. The van der Waals surface area contributed by atoms with Crippen molar-refractivity contribution in [1.82, 2.24) is 0 Å². The third-order valence-electron chi connectivity index (χ3n) is 2.09. The van der Waals surface area contributed by atoms with E-state index in [-0.39, 0.29) is 22.9 Å². The van der Waals surface area contributed by atoms with Gasteiger partial charge in [0, 0.05) is 17.0 Å². The first kappa shape index (κ1) is 14.7. The second-order valence-electron chi connectivity index (χ2n) is 3.50. The molecular formula is C11H15ClO4. The molecule has 0 saturated carbocycles. The molecule has 0 amide bonds. The standard InChI is InChI=1S/C11H15ClO4/c1-7(10(13)14)3-4-9(6-12)5-8(2)11(15)16/h3,5,9H,4,6H2,1-2H3,(H,13,14)(H,15,16). The summed E-state index contributed by atoms with van der Waals surface area (Å²) in [6.07, 6.45) is 3.51. The van der Waals surface area contributed by atoms with E-state index in [9.17, 15) is 9.59 Å². The molecule has 0 spiro atoms. The van der Waals surface area contributed by atoms with E-state index >= 15 is 0 Å². The molecule has 2 N–H and O–H groups in total. The summed E-state index contributed by atoms with van der Waals surface area (Å²) in [4.78, 5) is 21.1. The molecule has 90 valence electrons. The number of hydrogen-bond donors (Lipinski definition) is 2. The molecule has 16 heavy (non-hydrogen) atoms. The number of aliphatic carboxylic acids is 2. The topological polar surface area (TPSA) is 74.6 Å². The second-order valence-corrected chi connectivity index (χ2v) is 3.81. The number of allylic oxidation sites excluding steroid dienone is 2. The quantitative estimate of drug-likeness (QED) is 0.557. The summed E-state index contributed by atoms with van der Waals surface area (Å²) < 4.78 is 0. The number of carbonyl (C=O) groups is 2. The molecule has 0 saturated heterocycles. The number of alkyl halides is 1. The minimum absolute atomic E-state index is 0.160. The Hall–Kier alpha value is -1.29. The van der Waals surface area contributed by atoms with Crippen molar-refractivity contribution in [1.29, 1.82) is 0 Å². The molecule has 4 nitrogen and oxygen atoms in total. The van der Waals surface area contributed by atoms with Crippen molar-refractivity contribution in [3.63, 3.8) is 0 Å². The number of carboxylic acid groups (broad SMARTS) is 2. The van der Waals surface area contributed by atoms with Crippen molar-refractivity contribution in [3.05, 3.63) is 23.3 Å². The maximum atomic E-state index is 10.6. The average Bonchev–Trinajstić information content (AvgIpc) is 2.22. The van der Waals surface area contributed by atoms with Gasteiger partial charge in [-0.3, -0.25) is 0 Å². The Kier molecular flexibility index (Phi) is 6.49. The van der Waals surface area contributed by atoms with Crippen molar-refractivity contribution in [2.45, 2.75) is 20.3 Å². The van der Waals surface area contributed by atoms with Crippen LogP contribution in [0.25, 0.3) is 0 Å². The SMILES string of the molecule is CC(=CCC(C=C(C)C(=O)O)CCl)C(=O)O. The van der Waals surface area contributed by atoms with Crippen LogP contribution in [0.2, 0.25) is 0 Å². The van der Waals surface area contributed by atoms with E-state index in [2.05, 4.69) is 0 Å². The highest BCUT2D eigenvalue weighted by molar-refractivity contribution is 6.18. The van der Waals surface area contributed by atoms with Gasteiger partial charge in [-0.05, 0) is 26.2 Å². The first-order valence-electron chi connectivity index (χ1n) is 4.76. The lowest BCUT2D eigenvalue weighted by atomic mass is 10.0. The van der Waals surface area contributed by atoms with E-state index in [1.54, 1.807) is 12.2 Å². The van der Waals surface area contributed by atoms with E-state index in [1.807, 2.05) is 0 Å². The predicted molar refractivity (Wildman–Crippen MR) is 61.6 cm³/mol. The Labute approximate surface area is 99.2 Å². The summed E-state index contributed by atoms with van der Waals surface area (Å²) in [7, 11) is 0. The van der Waals surface area contributed by atoms with Crippen molar-refractivity contribution in [2.75, 3.05) is 5.88 Å². The molecule has 0 aliphatic carbocycles. The summed E-state index contributed by atoms with van der Waals surface area (Å²) >= 11 is 5.67. The first-order chi connectivity index (χ1) is 7.38. The number of halogens is 1. The highest BCUT2D eigenvalue weighted by Gasteiger charge is 2.08. The Morgan fingerprint density at radius 3 is 2.06 bits per heavy atom. The Bertz CT molecular complexity index is 331. The Morgan fingerprint density at radius 2 is 1.69 bits per heavy atom. The van der Waals surface area contributed by atoms with E-state index < -0.39 is 11.9 Å². The Morgan fingerprint density at radius 1 is 1.19 bits per heavy atom. The molecule has 0 aromatic rings. The first-order valence-corrected chi connectivity index (χ1v) is 5.29. The van der Waals surface area contributed by atoms with E-state index in [0.717, 1.165) is 0 Å². The van der Waals surface area contributed by atoms with Crippen LogP contribution >= 0.6 is 11.6 Å². The minimum Gasteiger partial charge on any atom is -0.478 e. The van der Waals surface area contributed by atoms with E-state index in [1.165, 1.54) is 13.8 Å². The normalized spacial score (nSPS) is 14.7. The van der Waals surface area contributed by atoms with Crippen LogP contribution in [0.1, 0.15) is 20.3 Å². The van der Waals surface area contributed by atoms with E-state index in [4.69, 9.17) is 21.8 Å². The lowest BCUT2D eigenvalue weighted by Gasteiger charge is -2.06. The average molecular weight is 247 g/mol. The summed E-state index contributed by atoms with van der Waals surface area (Å²) in [6.45, 7) is 2.97. The molecule has 0 radical (unpaired) electrons. The van der Waals surface area contributed by atoms with Crippen molar-refractivity contribution in [3.8, 4) is 0 Å². The molecule has 0 aromatic heterocycles. The lowest BCUT2D eigenvalue weighted by molar-refractivity contribution is -0.133. The fourth-order valence-electron chi connectivity index (χ4n) is 1.02. The van der Waals surface area contributed by atoms with Gasteiger partial charge in [0.2, 0.25) is 0 Å². The zero-order chi connectivity index (χ0) is 12.7. The van der Waals surface area contributed by atoms with Gasteiger partial charge >= 0.3 is 11.9 Å². The van der Waals surface area contributed by atoms with Gasteiger partial charge in [-0.1, -0.05) is 12.2 Å². The molecule has 1 atom stereocenters. The zero-order valence-corrected chi connectivity index (χ0v) is 9.99. The molecule has 0 aliphatic rings. The van der Waals surface area contributed by atoms with Gasteiger partial charge in [-0.2, -0.15) is 0 Å².